The number of carbonyl (C=O) groups is 2. The van der Waals surface area contributed by atoms with Crippen LogP contribution in [0.5, 0.6) is 5.75 Å². The number of ether oxygens (including phenoxy) is 1. The van der Waals surface area contributed by atoms with Crippen molar-refractivity contribution in [2.45, 2.75) is 32.6 Å². The number of nitrogens with zero attached hydrogens (tertiary/aromatic N) is 4. The lowest BCUT2D eigenvalue weighted by Crippen LogP contribution is -2.41. The molecule has 1 atom stereocenters. The zero-order valence-electron chi connectivity index (χ0n) is 19.1. The fraction of sp³-hybridized carbons (Fsp3) is 0.375. The van der Waals surface area contributed by atoms with Crippen LogP contribution in [0.3, 0.4) is 0 Å². The molecule has 0 radical (unpaired) electrons. The number of nitrogens with two attached hydrogens (primary N) is 1. The summed E-state index contributed by atoms with van der Waals surface area (Å²) >= 11 is 0. The van der Waals surface area contributed by atoms with Gasteiger partial charge in [-0.2, -0.15) is 4.98 Å². The third kappa shape index (κ3) is 5.89. The number of benzene rings is 1. The average molecular weight is 465 g/mol. The van der Waals surface area contributed by atoms with Gasteiger partial charge in [0.05, 0.1) is 24.4 Å². The van der Waals surface area contributed by atoms with Gasteiger partial charge >= 0.3 is 0 Å². The SMILES string of the molecule is CCOc1ccc(-c2noc(CCC(=O)Nc3ccc(N4CCCC(C(N)=O)C4)nc3)n2)cc1. The lowest BCUT2D eigenvalue weighted by atomic mass is 9.97. The summed E-state index contributed by atoms with van der Waals surface area (Å²) < 4.78 is 10.7. The molecule has 3 aromatic rings. The molecule has 10 nitrogen and oxygen atoms in total. The van der Waals surface area contributed by atoms with Gasteiger partial charge in [-0.3, -0.25) is 9.59 Å². The van der Waals surface area contributed by atoms with Crippen molar-refractivity contribution in [2.24, 2.45) is 11.7 Å². The number of rotatable bonds is 9. The van der Waals surface area contributed by atoms with E-state index in [9.17, 15) is 9.59 Å². The standard InChI is InChI=1S/C24H28N6O4/c1-2-33-19-8-5-16(6-9-19)24-28-22(34-29-24)12-11-21(31)27-18-7-10-20(26-14-18)30-13-3-4-17(15-30)23(25)32/h5-10,14,17H,2-4,11-13,15H2,1H3,(H2,25,32)(H,27,31). The average Bonchev–Trinajstić information content (AvgIpc) is 3.33. The van der Waals surface area contributed by atoms with E-state index in [0.29, 0.717) is 37.0 Å². The van der Waals surface area contributed by atoms with Crippen LogP contribution in [-0.2, 0) is 16.0 Å². The molecule has 1 aliphatic heterocycles. The second kappa shape index (κ2) is 10.8. The number of carbonyl (C=O) groups excluding carboxylic acids is 2. The van der Waals surface area contributed by atoms with Gasteiger partial charge in [0.25, 0.3) is 0 Å². The molecule has 1 fully saturated rings. The van der Waals surface area contributed by atoms with Crippen molar-refractivity contribution in [1.29, 1.82) is 0 Å². The second-order valence-electron chi connectivity index (χ2n) is 8.11. The summed E-state index contributed by atoms with van der Waals surface area (Å²) in [7, 11) is 0. The lowest BCUT2D eigenvalue weighted by molar-refractivity contribution is -0.122. The third-order valence-corrected chi connectivity index (χ3v) is 5.64. The molecule has 0 bridgehead atoms. The van der Waals surface area contributed by atoms with Crippen LogP contribution in [-0.4, -0.2) is 46.6 Å². The molecule has 3 N–H and O–H groups in total. The van der Waals surface area contributed by atoms with Gasteiger partial charge < -0.3 is 25.2 Å². The molecule has 1 aromatic carbocycles. The number of hydrogen-bond donors (Lipinski definition) is 2. The summed E-state index contributed by atoms with van der Waals surface area (Å²) in [4.78, 5) is 34.7. The molecule has 4 rings (SSSR count). The highest BCUT2D eigenvalue weighted by Gasteiger charge is 2.24. The van der Waals surface area contributed by atoms with Crippen LogP contribution < -0.4 is 20.7 Å². The first kappa shape index (κ1) is 23.2. The fourth-order valence-corrected chi connectivity index (χ4v) is 3.85. The molecule has 10 heteroatoms. The van der Waals surface area contributed by atoms with Crippen LogP contribution in [0.25, 0.3) is 11.4 Å². The number of aryl methyl sites for hydroxylation is 1. The van der Waals surface area contributed by atoms with Crippen molar-refractivity contribution in [1.82, 2.24) is 15.1 Å². The quantitative estimate of drug-likeness (QED) is 0.493. The highest BCUT2D eigenvalue weighted by atomic mass is 16.5. The zero-order chi connectivity index (χ0) is 23.9. The van der Waals surface area contributed by atoms with E-state index in [1.165, 1.54) is 0 Å². The van der Waals surface area contributed by atoms with E-state index >= 15 is 0 Å². The first-order chi connectivity index (χ1) is 16.5. The number of nitrogens with one attached hydrogen (secondary N) is 1. The minimum absolute atomic E-state index is 0.158. The second-order valence-corrected chi connectivity index (χ2v) is 8.11. The summed E-state index contributed by atoms with van der Waals surface area (Å²) in [6.45, 7) is 3.92. The summed E-state index contributed by atoms with van der Waals surface area (Å²) in [5.74, 6) is 1.78. The first-order valence-corrected chi connectivity index (χ1v) is 11.4. The number of pyridine rings is 1. The van der Waals surface area contributed by atoms with E-state index in [1.807, 2.05) is 42.2 Å². The highest BCUT2D eigenvalue weighted by Crippen LogP contribution is 2.23. The molecule has 0 spiro atoms. The number of aromatic nitrogens is 3. The Hall–Kier alpha value is -3.95. The number of amides is 2. The van der Waals surface area contributed by atoms with E-state index in [1.54, 1.807) is 12.3 Å². The molecule has 34 heavy (non-hydrogen) atoms. The number of primary amides is 1. The smallest absolute Gasteiger partial charge is 0.227 e. The Kier molecular flexibility index (Phi) is 7.36. The highest BCUT2D eigenvalue weighted by molar-refractivity contribution is 5.90. The number of piperidine rings is 1. The molecule has 3 heterocycles. The van der Waals surface area contributed by atoms with Gasteiger partial charge in [-0.05, 0) is 56.2 Å². The predicted octanol–water partition coefficient (Wildman–Crippen LogP) is 2.80. The minimum atomic E-state index is -0.276. The summed E-state index contributed by atoms with van der Waals surface area (Å²) in [5, 5.41) is 6.82. The first-order valence-electron chi connectivity index (χ1n) is 11.4. The largest absolute Gasteiger partial charge is 0.494 e. The fourth-order valence-electron chi connectivity index (χ4n) is 3.85. The summed E-state index contributed by atoms with van der Waals surface area (Å²) in [6, 6.07) is 11.1. The van der Waals surface area contributed by atoms with Crippen molar-refractivity contribution >= 4 is 23.3 Å². The van der Waals surface area contributed by atoms with Crippen molar-refractivity contribution in [3.05, 3.63) is 48.5 Å². The van der Waals surface area contributed by atoms with Crippen molar-refractivity contribution < 1.29 is 18.8 Å². The van der Waals surface area contributed by atoms with E-state index < -0.39 is 0 Å². The summed E-state index contributed by atoms with van der Waals surface area (Å²) in [6.07, 6.45) is 3.83. The van der Waals surface area contributed by atoms with Crippen LogP contribution in [0.2, 0.25) is 0 Å². The molecular weight excluding hydrogens is 436 g/mol. The van der Waals surface area contributed by atoms with Crippen LogP contribution in [0, 0.1) is 5.92 Å². The summed E-state index contributed by atoms with van der Waals surface area (Å²) in [5.41, 5.74) is 6.86. The van der Waals surface area contributed by atoms with Gasteiger partial charge in [0.15, 0.2) is 0 Å². The monoisotopic (exact) mass is 464 g/mol. The van der Waals surface area contributed by atoms with E-state index in [4.69, 9.17) is 15.0 Å². The zero-order valence-corrected chi connectivity index (χ0v) is 19.1. The molecule has 0 saturated carbocycles. The van der Waals surface area contributed by atoms with Crippen molar-refractivity contribution in [3.63, 3.8) is 0 Å². The molecule has 2 aromatic heterocycles. The molecule has 0 aliphatic carbocycles. The number of anilines is 2. The Morgan fingerprint density at radius 3 is 2.76 bits per heavy atom. The Morgan fingerprint density at radius 1 is 1.24 bits per heavy atom. The predicted molar refractivity (Wildman–Crippen MR) is 126 cm³/mol. The van der Waals surface area contributed by atoms with Crippen LogP contribution in [0.1, 0.15) is 32.1 Å². The van der Waals surface area contributed by atoms with Crippen LogP contribution in [0.4, 0.5) is 11.5 Å². The van der Waals surface area contributed by atoms with Crippen LogP contribution in [0.15, 0.2) is 47.1 Å². The third-order valence-electron chi connectivity index (χ3n) is 5.64. The van der Waals surface area contributed by atoms with Gasteiger partial charge in [0.1, 0.15) is 11.6 Å². The van der Waals surface area contributed by atoms with Crippen molar-refractivity contribution in [3.8, 4) is 17.1 Å². The van der Waals surface area contributed by atoms with E-state index in [0.717, 1.165) is 36.5 Å². The minimum Gasteiger partial charge on any atom is -0.494 e. The molecular formula is C24H28N6O4. The molecule has 1 unspecified atom stereocenters. The maximum Gasteiger partial charge on any atom is 0.227 e. The van der Waals surface area contributed by atoms with Gasteiger partial charge in [0.2, 0.25) is 23.5 Å². The van der Waals surface area contributed by atoms with Gasteiger partial charge in [-0.25, -0.2) is 4.98 Å². The molecule has 178 valence electrons. The lowest BCUT2D eigenvalue weighted by Gasteiger charge is -2.32. The van der Waals surface area contributed by atoms with Gasteiger partial charge in [-0.15, -0.1) is 0 Å². The molecule has 2 amide bonds. The van der Waals surface area contributed by atoms with Crippen molar-refractivity contribution in [2.75, 3.05) is 29.9 Å². The molecule has 1 aliphatic rings. The van der Waals surface area contributed by atoms with E-state index in [-0.39, 0.29) is 24.2 Å². The Bertz CT molecular complexity index is 1110. The Balaban J connectivity index is 1.27. The maximum atomic E-state index is 12.4. The maximum absolute atomic E-state index is 12.4. The Labute approximate surface area is 197 Å². The molecule has 1 saturated heterocycles. The number of hydrogen-bond acceptors (Lipinski definition) is 8. The Morgan fingerprint density at radius 2 is 2.06 bits per heavy atom. The van der Waals surface area contributed by atoms with Crippen LogP contribution >= 0.6 is 0 Å². The van der Waals surface area contributed by atoms with Gasteiger partial charge in [-0.1, -0.05) is 5.16 Å². The van der Waals surface area contributed by atoms with Gasteiger partial charge in [0, 0.05) is 31.5 Å². The van der Waals surface area contributed by atoms with E-state index in [2.05, 4.69) is 20.4 Å². The topological polar surface area (TPSA) is 136 Å². The normalized spacial score (nSPS) is 15.7.